The van der Waals surface area contributed by atoms with Crippen molar-refractivity contribution < 1.29 is 32.7 Å². The van der Waals surface area contributed by atoms with Gasteiger partial charge in [-0.1, -0.05) is 11.6 Å². The molecule has 6 nitrogen and oxygen atoms in total. The van der Waals surface area contributed by atoms with Crippen LogP contribution in [0.2, 0.25) is 5.02 Å². The molecule has 0 aromatic heterocycles. The topological polar surface area (TPSA) is 86.7 Å². The van der Waals surface area contributed by atoms with Gasteiger partial charge in [0.25, 0.3) is 5.91 Å². The van der Waals surface area contributed by atoms with E-state index in [2.05, 4.69) is 5.32 Å². The fourth-order valence-corrected chi connectivity index (χ4v) is 2.51. The SMILES string of the molecule is CN(CC(=O)Nc1ccc(Cl)c(C(F)(F)F)c1)C(=O)c1ccc(C(=O)O)cc1. The molecule has 0 radical (unpaired) electrons. The monoisotopic (exact) mass is 414 g/mol. The maximum absolute atomic E-state index is 12.9. The van der Waals surface area contributed by atoms with Crippen LogP contribution in [0.1, 0.15) is 26.3 Å². The van der Waals surface area contributed by atoms with E-state index in [9.17, 15) is 27.6 Å². The third-order valence-electron chi connectivity index (χ3n) is 3.66. The summed E-state index contributed by atoms with van der Waals surface area (Å²) in [4.78, 5) is 36.2. The van der Waals surface area contributed by atoms with Crippen molar-refractivity contribution in [1.82, 2.24) is 4.90 Å². The summed E-state index contributed by atoms with van der Waals surface area (Å²) in [5.74, 6) is -2.42. The summed E-state index contributed by atoms with van der Waals surface area (Å²) >= 11 is 5.52. The summed E-state index contributed by atoms with van der Waals surface area (Å²) in [6.07, 6.45) is -4.67. The quantitative estimate of drug-likeness (QED) is 0.779. The van der Waals surface area contributed by atoms with Crippen molar-refractivity contribution in [3.05, 3.63) is 64.2 Å². The number of hydrogen-bond donors (Lipinski definition) is 2. The van der Waals surface area contributed by atoms with Crippen LogP contribution in [0.5, 0.6) is 0 Å². The first kappa shape index (κ1) is 21.2. The summed E-state index contributed by atoms with van der Waals surface area (Å²) in [6, 6.07) is 8.02. The molecule has 0 bridgehead atoms. The summed E-state index contributed by atoms with van der Waals surface area (Å²) in [7, 11) is 1.33. The maximum Gasteiger partial charge on any atom is 0.417 e. The molecule has 2 aromatic rings. The van der Waals surface area contributed by atoms with Crippen LogP contribution in [0, 0.1) is 0 Å². The molecule has 0 saturated heterocycles. The minimum absolute atomic E-state index is 0.000142. The van der Waals surface area contributed by atoms with Crippen molar-refractivity contribution >= 4 is 35.1 Å². The van der Waals surface area contributed by atoms with E-state index in [0.717, 1.165) is 11.0 Å². The average molecular weight is 415 g/mol. The van der Waals surface area contributed by atoms with Crippen molar-refractivity contribution in [1.29, 1.82) is 0 Å². The minimum atomic E-state index is -4.67. The molecule has 0 aliphatic heterocycles. The fraction of sp³-hybridized carbons (Fsp3) is 0.167. The second kappa shape index (κ2) is 8.30. The number of hydrogen-bond acceptors (Lipinski definition) is 3. The Morgan fingerprint density at radius 1 is 1.07 bits per heavy atom. The first-order chi connectivity index (χ1) is 13.0. The van der Waals surface area contributed by atoms with Crippen molar-refractivity contribution in [3.63, 3.8) is 0 Å². The number of carbonyl (C=O) groups excluding carboxylic acids is 2. The summed E-state index contributed by atoms with van der Waals surface area (Å²) in [5.41, 5.74) is -1.05. The zero-order valence-electron chi connectivity index (χ0n) is 14.4. The Balaban J connectivity index is 2.04. The fourth-order valence-electron chi connectivity index (χ4n) is 2.28. The Kier molecular flexibility index (Phi) is 6.30. The number of nitrogens with one attached hydrogen (secondary N) is 1. The molecule has 0 spiro atoms. The van der Waals surface area contributed by atoms with Gasteiger partial charge in [-0.3, -0.25) is 9.59 Å². The molecule has 2 N–H and O–H groups in total. The van der Waals surface area contributed by atoms with Crippen LogP contribution in [-0.2, 0) is 11.0 Å². The summed E-state index contributed by atoms with van der Waals surface area (Å²) in [6.45, 7) is -0.427. The molecule has 0 heterocycles. The minimum Gasteiger partial charge on any atom is -0.478 e. The molecule has 148 valence electrons. The second-order valence-electron chi connectivity index (χ2n) is 5.78. The van der Waals surface area contributed by atoms with Crippen molar-refractivity contribution in [2.45, 2.75) is 6.18 Å². The number of amides is 2. The van der Waals surface area contributed by atoms with E-state index in [1.165, 1.54) is 37.4 Å². The maximum atomic E-state index is 12.9. The van der Waals surface area contributed by atoms with Crippen molar-refractivity contribution in [2.75, 3.05) is 18.9 Å². The number of carbonyl (C=O) groups is 3. The van der Waals surface area contributed by atoms with Crippen molar-refractivity contribution in [3.8, 4) is 0 Å². The lowest BCUT2D eigenvalue weighted by molar-refractivity contribution is -0.137. The highest BCUT2D eigenvalue weighted by Gasteiger charge is 2.33. The first-order valence-corrected chi connectivity index (χ1v) is 8.12. The summed E-state index contributed by atoms with van der Waals surface area (Å²) in [5, 5.41) is 10.6. The molecule has 2 rings (SSSR count). The largest absolute Gasteiger partial charge is 0.478 e. The number of nitrogens with zero attached hydrogens (tertiary/aromatic N) is 1. The van der Waals surface area contributed by atoms with E-state index < -0.39 is 41.1 Å². The van der Waals surface area contributed by atoms with E-state index >= 15 is 0 Å². The van der Waals surface area contributed by atoms with Gasteiger partial charge in [0, 0.05) is 18.3 Å². The molecule has 0 atom stereocenters. The van der Waals surface area contributed by atoms with Crippen LogP contribution in [-0.4, -0.2) is 41.4 Å². The average Bonchev–Trinajstić information content (AvgIpc) is 2.61. The van der Waals surface area contributed by atoms with Gasteiger partial charge in [0.1, 0.15) is 0 Å². The number of likely N-dealkylation sites (N-methyl/N-ethyl adjacent to an activating group) is 1. The van der Waals surface area contributed by atoms with Gasteiger partial charge in [-0.2, -0.15) is 13.2 Å². The Bertz CT molecular complexity index is 914. The molecule has 0 unspecified atom stereocenters. The van der Waals surface area contributed by atoms with Crippen LogP contribution in [0.3, 0.4) is 0 Å². The standard InChI is InChI=1S/C18H14ClF3N2O4/c1-24(16(26)10-2-4-11(5-3-10)17(27)28)9-15(25)23-12-6-7-14(19)13(8-12)18(20,21)22/h2-8H,9H2,1H3,(H,23,25)(H,27,28). The number of alkyl halides is 3. The molecule has 0 aliphatic carbocycles. The van der Waals surface area contributed by atoms with Gasteiger partial charge in [-0.15, -0.1) is 0 Å². The lowest BCUT2D eigenvalue weighted by Crippen LogP contribution is -2.35. The lowest BCUT2D eigenvalue weighted by atomic mass is 10.1. The number of carboxylic acid groups (broad SMARTS) is 1. The van der Waals surface area contributed by atoms with Crippen LogP contribution in [0.15, 0.2) is 42.5 Å². The normalized spacial score (nSPS) is 11.0. The molecule has 2 amide bonds. The molecule has 2 aromatic carbocycles. The number of halogens is 4. The Morgan fingerprint density at radius 3 is 2.18 bits per heavy atom. The van der Waals surface area contributed by atoms with Crippen LogP contribution in [0.4, 0.5) is 18.9 Å². The zero-order chi connectivity index (χ0) is 21.1. The van der Waals surface area contributed by atoms with Crippen LogP contribution in [0.25, 0.3) is 0 Å². The highest BCUT2D eigenvalue weighted by molar-refractivity contribution is 6.31. The highest BCUT2D eigenvalue weighted by atomic mass is 35.5. The van der Waals surface area contributed by atoms with Crippen molar-refractivity contribution in [2.24, 2.45) is 0 Å². The number of benzene rings is 2. The lowest BCUT2D eigenvalue weighted by Gasteiger charge is -2.17. The van der Waals surface area contributed by atoms with Gasteiger partial charge in [-0.25, -0.2) is 4.79 Å². The third kappa shape index (κ3) is 5.23. The van der Waals surface area contributed by atoms with Crippen LogP contribution >= 0.6 is 11.6 Å². The van der Waals surface area contributed by atoms with Crippen LogP contribution < -0.4 is 5.32 Å². The number of rotatable bonds is 5. The smallest absolute Gasteiger partial charge is 0.417 e. The first-order valence-electron chi connectivity index (χ1n) is 7.74. The zero-order valence-corrected chi connectivity index (χ0v) is 15.1. The van der Waals surface area contributed by atoms with E-state index in [0.29, 0.717) is 6.07 Å². The molecule has 28 heavy (non-hydrogen) atoms. The van der Waals surface area contributed by atoms with Gasteiger partial charge >= 0.3 is 12.1 Å². The molecule has 0 fully saturated rings. The predicted molar refractivity (Wildman–Crippen MR) is 95.4 cm³/mol. The molecular formula is C18H14ClF3N2O4. The van der Waals surface area contributed by atoms with E-state index in [1.54, 1.807) is 0 Å². The Hall–Kier alpha value is -3.07. The van der Waals surface area contributed by atoms with E-state index in [1.807, 2.05) is 0 Å². The van der Waals surface area contributed by atoms with Gasteiger partial charge in [0.15, 0.2) is 0 Å². The molecule has 0 saturated carbocycles. The van der Waals surface area contributed by atoms with E-state index in [-0.39, 0.29) is 16.8 Å². The van der Waals surface area contributed by atoms with Gasteiger partial charge in [0.05, 0.1) is 22.7 Å². The van der Waals surface area contributed by atoms with E-state index in [4.69, 9.17) is 16.7 Å². The van der Waals surface area contributed by atoms with Gasteiger partial charge in [0.2, 0.25) is 5.91 Å². The number of carboxylic acids is 1. The van der Waals surface area contributed by atoms with Gasteiger partial charge < -0.3 is 15.3 Å². The number of anilines is 1. The molecular weight excluding hydrogens is 401 g/mol. The Morgan fingerprint density at radius 2 is 1.64 bits per heavy atom. The predicted octanol–water partition coefficient (Wildman–Crippen LogP) is 3.77. The third-order valence-corrected chi connectivity index (χ3v) is 3.99. The highest BCUT2D eigenvalue weighted by Crippen LogP contribution is 2.36. The second-order valence-corrected chi connectivity index (χ2v) is 6.19. The Labute approximate surface area is 162 Å². The molecule has 0 aliphatic rings. The molecule has 10 heteroatoms. The summed E-state index contributed by atoms with van der Waals surface area (Å²) < 4.78 is 38.6. The number of aromatic carboxylic acids is 1. The van der Waals surface area contributed by atoms with Gasteiger partial charge in [-0.05, 0) is 42.5 Å².